The molecule has 2 heterocycles. The minimum atomic E-state index is -0.188. The molecule has 5 rings (SSSR count). The number of nitrogens with zero attached hydrogens (tertiary/aromatic N) is 3. The molecule has 5 aromatic rings. The van der Waals surface area contributed by atoms with Gasteiger partial charge in [0.2, 0.25) is 0 Å². The van der Waals surface area contributed by atoms with Crippen LogP contribution in [0.5, 0.6) is 0 Å². The van der Waals surface area contributed by atoms with Crippen molar-refractivity contribution in [1.82, 2.24) is 19.9 Å². The van der Waals surface area contributed by atoms with Gasteiger partial charge in [0, 0.05) is 17.8 Å². The molecular formula is C28H23ClN4O. The monoisotopic (exact) mass is 466 g/mol. The van der Waals surface area contributed by atoms with E-state index in [0.29, 0.717) is 34.0 Å². The molecule has 0 fully saturated rings. The fraction of sp³-hybridized carbons (Fsp3) is 0.107. The van der Waals surface area contributed by atoms with Crippen LogP contribution in [0.15, 0.2) is 97.2 Å². The van der Waals surface area contributed by atoms with Crippen molar-refractivity contribution in [2.75, 3.05) is 0 Å². The molecule has 2 aromatic heterocycles. The summed E-state index contributed by atoms with van der Waals surface area (Å²) in [5.74, 6) is -0.188. The van der Waals surface area contributed by atoms with Crippen LogP contribution in [0.3, 0.4) is 0 Å². The molecule has 0 aliphatic heterocycles. The molecule has 0 saturated carbocycles. The number of amides is 1. The Labute approximate surface area is 203 Å². The summed E-state index contributed by atoms with van der Waals surface area (Å²) in [4.78, 5) is 17.9. The standard InChI is InChI=1S/C28H23ClN4O/c1-19-23(18-30-27-17-26(32-33(19)27)22-14-8-9-15-24(22)29)28(34)31-25(21-12-6-3-7-13-21)16-20-10-4-2-5-11-20/h2-15,17-18,25H,16H2,1H3,(H,31,34). The normalized spacial score (nSPS) is 11.9. The van der Waals surface area contributed by atoms with Gasteiger partial charge in [-0.05, 0) is 30.5 Å². The van der Waals surface area contributed by atoms with Gasteiger partial charge in [0.15, 0.2) is 5.65 Å². The largest absolute Gasteiger partial charge is 0.345 e. The van der Waals surface area contributed by atoms with Crippen LogP contribution in [0.1, 0.15) is 33.2 Å². The van der Waals surface area contributed by atoms with Gasteiger partial charge in [0.25, 0.3) is 5.91 Å². The Bertz CT molecular complexity index is 1450. The van der Waals surface area contributed by atoms with Crippen LogP contribution in [-0.4, -0.2) is 20.5 Å². The summed E-state index contributed by atoms with van der Waals surface area (Å²) in [5, 5.41) is 8.51. The second-order valence-electron chi connectivity index (χ2n) is 8.16. The third-order valence-electron chi connectivity index (χ3n) is 5.91. The summed E-state index contributed by atoms with van der Waals surface area (Å²) in [6, 6.07) is 29.4. The molecule has 6 heteroatoms. The van der Waals surface area contributed by atoms with E-state index in [2.05, 4.69) is 27.5 Å². The Morgan fingerprint density at radius 3 is 2.38 bits per heavy atom. The van der Waals surface area contributed by atoms with Crippen molar-refractivity contribution in [1.29, 1.82) is 0 Å². The fourth-order valence-corrected chi connectivity index (χ4v) is 4.33. The maximum atomic E-state index is 13.4. The van der Waals surface area contributed by atoms with Gasteiger partial charge >= 0.3 is 0 Å². The molecule has 0 bridgehead atoms. The van der Waals surface area contributed by atoms with Crippen molar-refractivity contribution in [3.05, 3.63) is 125 Å². The number of rotatable bonds is 6. The summed E-state index contributed by atoms with van der Waals surface area (Å²) >= 11 is 6.36. The Kier molecular flexibility index (Phi) is 6.11. The summed E-state index contributed by atoms with van der Waals surface area (Å²) in [6.45, 7) is 1.88. The average molecular weight is 467 g/mol. The predicted molar refractivity (Wildman–Crippen MR) is 135 cm³/mol. The minimum Gasteiger partial charge on any atom is -0.345 e. The lowest BCUT2D eigenvalue weighted by Gasteiger charge is -2.20. The lowest BCUT2D eigenvalue weighted by Crippen LogP contribution is -2.31. The molecule has 1 atom stereocenters. The molecule has 0 aliphatic carbocycles. The highest BCUT2D eigenvalue weighted by Gasteiger charge is 2.20. The highest BCUT2D eigenvalue weighted by atomic mass is 35.5. The molecule has 3 aromatic carbocycles. The van der Waals surface area contributed by atoms with Crippen LogP contribution < -0.4 is 5.32 Å². The highest BCUT2D eigenvalue weighted by Crippen LogP contribution is 2.27. The third kappa shape index (κ3) is 4.43. The van der Waals surface area contributed by atoms with E-state index >= 15 is 0 Å². The fourth-order valence-electron chi connectivity index (χ4n) is 4.10. The maximum Gasteiger partial charge on any atom is 0.255 e. The van der Waals surface area contributed by atoms with E-state index in [1.165, 1.54) is 0 Å². The number of aryl methyl sites for hydroxylation is 1. The van der Waals surface area contributed by atoms with E-state index in [4.69, 9.17) is 11.6 Å². The Hall–Kier alpha value is -3.96. The molecule has 34 heavy (non-hydrogen) atoms. The number of hydrogen-bond acceptors (Lipinski definition) is 3. The van der Waals surface area contributed by atoms with E-state index < -0.39 is 0 Å². The molecule has 0 radical (unpaired) electrons. The minimum absolute atomic E-state index is 0.178. The van der Waals surface area contributed by atoms with Crippen molar-refractivity contribution >= 4 is 23.2 Å². The van der Waals surface area contributed by atoms with Gasteiger partial charge in [0.1, 0.15) is 0 Å². The highest BCUT2D eigenvalue weighted by molar-refractivity contribution is 6.33. The van der Waals surface area contributed by atoms with Gasteiger partial charge in [-0.15, -0.1) is 0 Å². The van der Waals surface area contributed by atoms with E-state index in [1.807, 2.05) is 85.8 Å². The van der Waals surface area contributed by atoms with E-state index in [0.717, 1.165) is 16.7 Å². The van der Waals surface area contributed by atoms with E-state index in [1.54, 1.807) is 10.7 Å². The number of carbonyl (C=O) groups excluding carboxylic acids is 1. The SMILES string of the molecule is Cc1c(C(=O)NC(Cc2ccccc2)c2ccccc2)cnc2cc(-c3ccccc3Cl)nn12. The molecule has 1 unspecified atom stereocenters. The van der Waals surface area contributed by atoms with E-state index in [-0.39, 0.29) is 11.9 Å². The molecule has 168 valence electrons. The lowest BCUT2D eigenvalue weighted by atomic mass is 9.98. The van der Waals surface area contributed by atoms with Crippen molar-refractivity contribution in [2.45, 2.75) is 19.4 Å². The van der Waals surface area contributed by atoms with E-state index in [9.17, 15) is 4.79 Å². The van der Waals surface area contributed by atoms with Crippen LogP contribution in [0.2, 0.25) is 5.02 Å². The Morgan fingerprint density at radius 1 is 0.971 bits per heavy atom. The molecule has 0 aliphatic rings. The van der Waals surface area contributed by atoms with Crippen LogP contribution in [-0.2, 0) is 6.42 Å². The van der Waals surface area contributed by atoms with Crippen molar-refractivity contribution in [2.24, 2.45) is 0 Å². The zero-order valence-electron chi connectivity index (χ0n) is 18.6. The Morgan fingerprint density at radius 2 is 1.65 bits per heavy atom. The second kappa shape index (κ2) is 9.49. The van der Waals surface area contributed by atoms with Gasteiger partial charge in [-0.2, -0.15) is 5.10 Å². The molecule has 0 saturated heterocycles. The van der Waals surface area contributed by atoms with Crippen molar-refractivity contribution in [3.8, 4) is 11.3 Å². The number of aromatic nitrogens is 3. The zero-order chi connectivity index (χ0) is 23.5. The number of halogens is 1. The lowest BCUT2D eigenvalue weighted by molar-refractivity contribution is 0.0935. The van der Waals surface area contributed by atoms with Gasteiger partial charge in [-0.3, -0.25) is 4.79 Å². The topological polar surface area (TPSA) is 59.3 Å². The Balaban J connectivity index is 1.46. The number of benzene rings is 3. The summed E-state index contributed by atoms with van der Waals surface area (Å²) in [5.41, 5.74) is 5.59. The maximum absolute atomic E-state index is 13.4. The van der Waals surface area contributed by atoms with Crippen molar-refractivity contribution < 1.29 is 4.79 Å². The van der Waals surface area contributed by atoms with Gasteiger partial charge in [-0.1, -0.05) is 90.5 Å². The number of carbonyl (C=O) groups is 1. The molecule has 1 amide bonds. The van der Waals surface area contributed by atoms with Crippen molar-refractivity contribution in [3.63, 3.8) is 0 Å². The summed E-state index contributed by atoms with van der Waals surface area (Å²) < 4.78 is 1.70. The van der Waals surface area contributed by atoms with Gasteiger partial charge in [-0.25, -0.2) is 9.50 Å². The quantitative estimate of drug-likeness (QED) is 0.330. The van der Waals surface area contributed by atoms with Crippen LogP contribution in [0.4, 0.5) is 0 Å². The molecular weight excluding hydrogens is 444 g/mol. The molecule has 5 nitrogen and oxygen atoms in total. The summed E-state index contributed by atoms with van der Waals surface area (Å²) in [6.07, 6.45) is 2.30. The second-order valence-corrected chi connectivity index (χ2v) is 8.57. The van der Waals surface area contributed by atoms with Crippen LogP contribution in [0, 0.1) is 6.92 Å². The molecule has 0 spiro atoms. The smallest absolute Gasteiger partial charge is 0.255 e. The number of fused-ring (bicyclic) bond motifs is 1. The number of nitrogens with one attached hydrogen (secondary N) is 1. The third-order valence-corrected chi connectivity index (χ3v) is 6.24. The first-order chi connectivity index (χ1) is 16.6. The van der Waals surface area contributed by atoms with Gasteiger partial charge in [0.05, 0.1) is 28.0 Å². The van der Waals surface area contributed by atoms with Gasteiger partial charge < -0.3 is 5.32 Å². The predicted octanol–water partition coefficient (Wildman–Crippen LogP) is 6.07. The first kappa shape index (κ1) is 21.9. The summed E-state index contributed by atoms with van der Waals surface area (Å²) in [7, 11) is 0. The van der Waals surface area contributed by atoms with Crippen LogP contribution >= 0.6 is 11.6 Å². The first-order valence-corrected chi connectivity index (χ1v) is 11.5. The first-order valence-electron chi connectivity index (χ1n) is 11.1. The average Bonchev–Trinajstić information content (AvgIpc) is 3.30. The number of hydrogen-bond donors (Lipinski definition) is 1. The van der Waals surface area contributed by atoms with Crippen LogP contribution in [0.25, 0.3) is 16.9 Å². The zero-order valence-corrected chi connectivity index (χ0v) is 19.4. The molecule has 1 N–H and O–H groups in total.